The Labute approximate surface area is 262 Å². The van der Waals surface area contributed by atoms with Gasteiger partial charge in [-0.2, -0.15) is 0 Å². The van der Waals surface area contributed by atoms with Gasteiger partial charge in [-0.1, -0.05) is 187 Å². The highest BCUT2D eigenvalue weighted by Gasteiger charge is 2.20. The average molecular weight is 593 g/mol. The lowest BCUT2D eigenvalue weighted by Crippen LogP contribution is -2.19. The van der Waals surface area contributed by atoms with Crippen molar-refractivity contribution in [3.63, 3.8) is 0 Å². The highest BCUT2D eigenvalue weighted by Crippen LogP contribution is 2.16. The number of allylic oxidation sites excluding steroid dienone is 2. The van der Waals surface area contributed by atoms with E-state index < -0.39 is 11.9 Å². The third-order valence-corrected chi connectivity index (χ3v) is 8.58. The van der Waals surface area contributed by atoms with Crippen molar-refractivity contribution in [3.05, 3.63) is 12.2 Å². The third-order valence-electron chi connectivity index (χ3n) is 8.58. The summed E-state index contributed by atoms with van der Waals surface area (Å²) in [6.45, 7) is 4.95. The lowest BCUT2D eigenvalue weighted by atomic mass is 10.0. The number of ether oxygens (including phenoxy) is 1. The quantitative estimate of drug-likeness (QED) is 0.0458. The molecular formula is C38H72O4. The minimum Gasteiger partial charge on any atom is -0.481 e. The molecule has 0 spiro atoms. The van der Waals surface area contributed by atoms with Crippen molar-refractivity contribution in [2.24, 2.45) is 5.92 Å². The number of hydrogen-bond acceptors (Lipinski definition) is 3. The number of carbonyl (C=O) groups excluding carboxylic acids is 1. The summed E-state index contributed by atoms with van der Waals surface area (Å²) in [5.41, 5.74) is 0. The summed E-state index contributed by atoms with van der Waals surface area (Å²) in [4.78, 5) is 23.8. The van der Waals surface area contributed by atoms with Gasteiger partial charge in [0.25, 0.3) is 0 Å². The molecular weight excluding hydrogens is 520 g/mol. The summed E-state index contributed by atoms with van der Waals surface area (Å²) in [6.07, 6.45) is 41.1. The molecule has 1 unspecified atom stereocenters. The zero-order valence-corrected chi connectivity index (χ0v) is 28.3. The SMILES string of the molecule is CCCCCCCCCCCCCCC/C=C/CC(CC(=O)OCCCCCCCCCCCCCCCC)C(=O)O. The Morgan fingerprint density at radius 3 is 1.26 bits per heavy atom. The van der Waals surface area contributed by atoms with Crippen LogP contribution in [0.4, 0.5) is 0 Å². The number of rotatable bonds is 34. The van der Waals surface area contributed by atoms with E-state index in [1.54, 1.807) is 0 Å². The number of aliphatic carboxylic acids is 1. The van der Waals surface area contributed by atoms with Gasteiger partial charge < -0.3 is 9.84 Å². The van der Waals surface area contributed by atoms with E-state index in [2.05, 4.69) is 19.9 Å². The maximum Gasteiger partial charge on any atom is 0.307 e. The van der Waals surface area contributed by atoms with Gasteiger partial charge in [-0.25, -0.2) is 0 Å². The van der Waals surface area contributed by atoms with Gasteiger partial charge in [0.2, 0.25) is 0 Å². The molecule has 0 aliphatic carbocycles. The molecule has 4 heteroatoms. The van der Waals surface area contributed by atoms with E-state index in [4.69, 9.17) is 4.74 Å². The van der Waals surface area contributed by atoms with E-state index in [0.717, 1.165) is 25.7 Å². The average Bonchev–Trinajstić information content (AvgIpc) is 2.98. The van der Waals surface area contributed by atoms with Crippen molar-refractivity contribution in [1.82, 2.24) is 0 Å². The number of carboxylic acids is 1. The predicted molar refractivity (Wildman–Crippen MR) is 181 cm³/mol. The van der Waals surface area contributed by atoms with Crippen LogP contribution >= 0.6 is 0 Å². The largest absolute Gasteiger partial charge is 0.481 e. The van der Waals surface area contributed by atoms with Crippen molar-refractivity contribution in [2.75, 3.05) is 6.61 Å². The Kier molecular flexibility index (Phi) is 33.1. The first-order chi connectivity index (χ1) is 20.6. The lowest BCUT2D eigenvalue weighted by molar-refractivity contribution is -0.151. The first-order valence-electron chi connectivity index (χ1n) is 18.6. The number of esters is 1. The van der Waals surface area contributed by atoms with Gasteiger partial charge in [0.1, 0.15) is 0 Å². The third kappa shape index (κ3) is 31.6. The standard InChI is InChI=1S/C38H72O4/c1-3-5-7-9-11-13-15-17-19-20-21-23-25-27-29-31-33-36(38(40)41)35-37(39)42-34-32-30-28-26-24-22-18-16-14-12-10-8-6-4-2/h29,31,36H,3-28,30,32-35H2,1-2H3,(H,40,41)/b31-29+. The van der Waals surface area contributed by atoms with E-state index in [-0.39, 0.29) is 12.4 Å². The van der Waals surface area contributed by atoms with Crippen molar-refractivity contribution >= 4 is 11.9 Å². The second kappa shape index (κ2) is 34.2. The zero-order valence-electron chi connectivity index (χ0n) is 28.3. The van der Waals surface area contributed by atoms with Crippen LogP contribution in [0.5, 0.6) is 0 Å². The molecule has 0 bridgehead atoms. The predicted octanol–water partition coefficient (Wildman–Crippen LogP) is 12.5. The minimum atomic E-state index is -0.908. The Balaban J connectivity index is 3.58. The molecule has 0 saturated carbocycles. The number of unbranched alkanes of at least 4 members (excludes halogenated alkanes) is 26. The summed E-state index contributed by atoms with van der Waals surface area (Å²) >= 11 is 0. The van der Waals surface area contributed by atoms with E-state index in [0.29, 0.717) is 13.0 Å². The molecule has 0 aliphatic rings. The minimum absolute atomic E-state index is 0.0307. The molecule has 0 saturated heterocycles. The molecule has 1 N–H and O–H groups in total. The molecule has 0 aliphatic heterocycles. The molecule has 4 nitrogen and oxygen atoms in total. The maximum absolute atomic E-state index is 12.2. The topological polar surface area (TPSA) is 63.6 Å². The fourth-order valence-corrected chi connectivity index (χ4v) is 5.67. The van der Waals surface area contributed by atoms with Crippen LogP contribution in [0.1, 0.15) is 206 Å². The summed E-state index contributed by atoms with van der Waals surface area (Å²) < 4.78 is 5.34. The van der Waals surface area contributed by atoms with E-state index >= 15 is 0 Å². The molecule has 248 valence electrons. The Hall–Kier alpha value is -1.32. The van der Waals surface area contributed by atoms with Crippen LogP contribution in [0.3, 0.4) is 0 Å². The monoisotopic (exact) mass is 593 g/mol. The van der Waals surface area contributed by atoms with Gasteiger partial charge in [-0.15, -0.1) is 0 Å². The summed E-state index contributed by atoms with van der Waals surface area (Å²) in [5, 5.41) is 9.51. The first kappa shape index (κ1) is 40.7. The molecule has 0 fully saturated rings. The molecule has 0 amide bonds. The molecule has 42 heavy (non-hydrogen) atoms. The molecule has 0 aromatic carbocycles. The Bertz CT molecular complexity index is 600. The van der Waals surface area contributed by atoms with Gasteiger partial charge in [0, 0.05) is 0 Å². The van der Waals surface area contributed by atoms with E-state index in [1.807, 2.05) is 6.08 Å². The fraction of sp³-hybridized carbons (Fsp3) is 0.895. The van der Waals surface area contributed by atoms with Gasteiger partial charge in [0.15, 0.2) is 0 Å². The Morgan fingerprint density at radius 1 is 0.524 bits per heavy atom. The molecule has 0 rings (SSSR count). The molecule has 0 heterocycles. The van der Waals surface area contributed by atoms with E-state index in [9.17, 15) is 14.7 Å². The van der Waals surface area contributed by atoms with E-state index in [1.165, 1.54) is 154 Å². The summed E-state index contributed by atoms with van der Waals surface area (Å²) in [5.74, 6) is -1.97. The normalized spacial score (nSPS) is 12.2. The molecule has 1 atom stereocenters. The summed E-state index contributed by atoms with van der Waals surface area (Å²) in [6, 6.07) is 0. The molecule has 0 aromatic heterocycles. The van der Waals surface area contributed by atoms with Crippen molar-refractivity contribution in [1.29, 1.82) is 0 Å². The molecule has 0 radical (unpaired) electrons. The highest BCUT2D eigenvalue weighted by molar-refractivity contribution is 5.78. The van der Waals surface area contributed by atoms with Crippen LogP contribution in [0.25, 0.3) is 0 Å². The second-order valence-corrected chi connectivity index (χ2v) is 12.8. The van der Waals surface area contributed by atoms with Crippen molar-refractivity contribution < 1.29 is 19.4 Å². The number of carboxylic acid groups (broad SMARTS) is 1. The maximum atomic E-state index is 12.2. The number of hydrogen-bond donors (Lipinski definition) is 1. The zero-order chi connectivity index (χ0) is 30.8. The Morgan fingerprint density at radius 2 is 0.881 bits per heavy atom. The number of carbonyl (C=O) groups is 2. The lowest BCUT2D eigenvalue weighted by Gasteiger charge is -2.10. The van der Waals surface area contributed by atoms with Gasteiger partial charge in [-0.05, 0) is 25.7 Å². The van der Waals surface area contributed by atoms with Crippen LogP contribution in [-0.2, 0) is 14.3 Å². The van der Waals surface area contributed by atoms with Crippen LogP contribution in [0.2, 0.25) is 0 Å². The first-order valence-corrected chi connectivity index (χ1v) is 18.6. The van der Waals surface area contributed by atoms with Crippen molar-refractivity contribution in [2.45, 2.75) is 206 Å². The van der Waals surface area contributed by atoms with Crippen molar-refractivity contribution in [3.8, 4) is 0 Å². The fourth-order valence-electron chi connectivity index (χ4n) is 5.67. The van der Waals surface area contributed by atoms with Crippen LogP contribution in [0.15, 0.2) is 12.2 Å². The second-order valence-electron chi connectivity index (χ2n) is 12.8. The summed E-state index contributed by atoms with van der Waals surface area (Å²) in [7, 11) is 0. The smallest absolute Gasteiger partial charge is 0.307 e. The van der Waals surface area contributed by atoms with Crippen LogP contribution in [0, 0.1) is 5.92 Å². The van der Waals surface area contributed by atoms with Crippen LogP contribution < -0.4 is 0 Å². The van der Waals surface area contributed by atoms with Gasteiger partial charge in [-0.3, -0.25) is 9.59 Å². The van der Waals surface area contributed by atoms with Crippen LogP contribution in [-0.4, -0.2) is 23.7 Å². The van der Waals surface area contributed by atoms with Gasteiger partial charge in [0.05, 0.1) is 18.9 Å². The van der Waals surface area contributed by atoms with Gasteiger partial charge >= 0.3 is 11.9 Å². The highest BCUT2D eigenvalue weighted by atomic mass is 16.5. The molecule has 0 aromatic rings.